The fourth-order valence-electron chi connectivity index (χ4n) is 2.85. The van der Waals surface area contributed by atoms with Crippen molar-refractivity contribution in [2.75, 3.05) is 5.32 Å². The third-order valence-corrected chi connectivity index (χ3v) is 4.26. The van der Waals surface area contributed by atoms with Crippen LogP contribution >= 0.6 is 0 Å². The third kappa shape index (κ3) is 2.72. The highest BCUT2D eigenvalue weighted by Gasteiger charge is 2.41. The molecule has 1 aromatic rings. The van der Waals surface area contributed by atoms with Gasteiger partial charge < -0.3 is 5.32 Å². The Balaban J connectivity index is 1.80. The maximum atomic E-state index is 11.1. The van der Waals surface area contributed by atoms with E-state index >= 15 is 0 Å². The monoisotopic (exact) mass is 260 g/mol. The fourth-order valence-corrected chi connectivity index (χ4v) is 2.85. The molecule has 2 fully saturated rings. The van der Waals surface area contributed by atoms with Crippen LogP contribution in [0.15, 0.2) is 18.2 Å². The van der Waals surface area contributed by atoms with Crippen molar-refractivity contribution in [1.29, 1.82) is 0 Å². The SMILES string of the molecule is CCc1ccc(NC(C2CC2)C2CC2)cc1[N+](=O)[O-]. The van der Waals surface area contributed by atoms with Crippen LogP contribution in [0.1, 0.15) is 38.2 Å². The zero-order valence-electron chi connectivity index (χ0n) is 11.3. The summed E-state index contributed by atoms with van der Waals surface area (Å²) >= 11 is 0. The molecular formula is C15H20N2O2. The topological polar surface area (TPSA) is 55.2 Å². The Morgan fingerprint density at radius 3 is 2.42 bits per heavy atom. The van der Waals surface area contributed by atoms with Crippen molar-refractivity contribution in [1.82, 2.24) is 0 Å². The second-order valence-electron chi connectivity index (χ2n) is 5.80. The molecule has 0 unspecified atom stereocenters. The summed E-state index contributed by atoms with van der Waals surface area (Å²) in [6.07, 6.45) is 5.94. The Labute approximate surface area is 113 Å². The summed E-state index contributed by atoms with van der Waals surface area (Å²) in [6.45, 7) is 1.95. The van der Waals surface area contributed by atoms with E-state index in [0.717, 1.165) is 23.1 Å². The Morgan fingerprint density at radius 2 is 1.95 bits per heavy atom. The molecule has 2 aliphatic carbocycles. The molecule has 2 saturated carbocycles. The maximum Gasteiger partial charge on any atom is 0.274 e. The van der Waals surface area contributed by atoms with Gasteiger partial charge in [-0.2, -0.15) is 0 Å². The van der Waals surface area contributed by atoms with Gasteiger partial charge in [0.25, 0.3) is 5.69 Å². The van der Waals surface area contributed by atoms with Crippen molar-refractivity contribution < 1.29 is 4.92 Å². The molecule has 4 heteroatoms. The fraction of sp³-hybridized carbons (Fsp3) is 0.600. The van der Waals surface area contributed by atoms with E-state index < -0.39 is 0 Å². The Hall–Kier alpha value is -1.58. The van der Waals surface area contributed by atoms with Gasteiger partial charge in [-0.3, -0.25) is 10.1 Å². The summed E-state index contributed by atoms with van der Waals surface area (Å²) in [6, 6.07) is 6.12. The maximum absolute atomic E-state index is 11.1. The first-order chi connectivity index (χ1) is 9.19. The van der Waals surface area contributed by atoms with Crippen LogP contribution in [-0.4, -0.2) is 11.0 Å². The second-order valence-corrected chi connectivity index (χ2v) is 5.80. The number of aryl methyl sites for hydroxylation is 1. The number of nitro groups is 1. The van der Waals surface area contributed by atoms with Crippen LogP contribution in [0, 0.1) is 22.0 Å². The van der Waals surface area contributed by atoms with Gasteiger partial charge in [0.05, 0.1) is 4.92 Å². The predicted octanol–water partition coefficient (Wildman–Crippen LogP) is 3.76. The first-order valence-corrected chi connectivity index (χ1v) is 7.23. The van der Waals surface area contributed by atoms with Crippen LogP contribution in [0.5, 0.6) is 0 Å². The smallest absolute Gasteiger partial charge is 0.274 e. The van der Waals surface area contributed by atoms with Crippen molar-refractivity contribution in [3.8, 4) is 0 Å². The summed E-state index contributed by atoms with van der Waals surface area (Å²) in [4.78, 5) is 10.8. The minimum Gasteiger partial charge on any atom is -0.382 e. The highest BCUT2D eigenvalue weighted by atomic mass is 16.6. The molecule has 0 aromatic heterocycles. The molecule has 1 N–H and O–H groups in total. The van der Waals surface area contributed by atoms with E-state index in [4.69, 9.17) is 0 Å². The van der Waals surface area contributed by atoms with Gasteiger partial charge in [0.2, 0.25) is 0 Å². The van der Waals surface area contributed by atoms with Crippen molar-refractivity contribution in [3.63, 3.8) is 0 Å². The van der Waals surface area contributed by atoms with Crippen molar-refractivity contribution in [2.45, 2.75) is 45.1 Å². The molecule has 0 saturated heterocycles. The van der Waals surface area contributed by atoms with Crippen molar-refractivity contribution in [3.05, 3.63) is 33.9 Å². The molecule has 0 heterocycles. The van der Waals surface area contributed by atoms with Gasteiger partial charge in [-0.25, -0.2) is 0 Å². The van der Waals surface area contributed by atoms with E-state index in [2.05, 4.69) is 5.32 Å². The number of nitro benzene ring substituents is 1. The van der Waals surface area contributed by atoms with Gasteiger partial charge in [0.1, 0.15) is 0 Å². The van der Waals surface area contributed by atoms with Crippen LogP contribution in [0.25, 0.3) is 0 Å². The molecule has 0 radical (unpaired) electrons. The van der Waals surface area contributed by atoms with E-state index in [0.29, 0.717) is 12.5 Å². The molecule has 0 aliphatic heterocycles. The highest BCUT2D eigenvalue weighted by molar-refractivity contribution is 5.56. The molecular weight excluding hydrogens is 240 g/mol. The molecule has 0 amide bonds. The minimum atomic E-state index is -0.271. The molecule has 0 spiro atoms. The lowest BCUT2D eigenvalue weighted by atomic mass is 10.1. The predicted molar refractivity (Wildman–Crippen MR) is 75.3 cm³/mol. The molecule has 19 heavy (non-hydrogen) atoms. The lowest BCUT2D eigenvalue weighted by molar-refractivity contribution is -0.385. The molecule has 1 aromatic carbocycles. The van der Waals surface area contributed by atoms with Crippen LogP contribution < -0.4 is 5.32 Å². The third-order valence-electron chi connectivity index (χ3n) is 4.26. The first kappa shape index (κ1) is 12.5. The number of hydrogen-bond donors (Lipinski definition) is 1. The van der Waals surface area contributed by atoms with Gasteiger partial charge in [-0.05, 0) is 50.0 Å². The summed E-state index contributed by atoms with van der Waals surface area (Å²) in [5.74, 6) is 1.58. The van der Waals surface area contributed by atoms with Crippen molar-refractivity contribution >= 4 is 11.4 Å². The Kier molecular flexibility index (Phi) is 3.17. The normalized spacial score (nSPS) is 18.6. The highest BCUT2D eigenvalue weighted by Crippen LogP contribution is 2.46. The van der Waals surface area contributed by atoms with E-state index in [1.54, 1.807) is 6.07 Å². The molecule has 102 valence electrons. The number of nitrogens with one attached hydrogen (secondary N) is 1. The van der Waals surface area contributed by atoms with Gasteiger partial charge in [-0.15, -0.1) is 0 Å². The average molecular weight is 260 g/mol. The largest absolute Gasteiger partial charge is 0.382 e. The second kappa shape index (κ2) is 4.83. The molecule has 2 aliphatic rings. The molecule has 0 bridgehead atoms. The lowest BCUT2D eigenvalue weighted by Crippen LogP contribution is -2.24. The van der Waals surface area contributed by atoms with Gasteiger partial charge in [-0.1, -0.05) is 13.0 Å². The van der Waals surface area contributed by atoms with Crippen LogP contribution in [-0.2, 0) is 6.42 Å². The molecule has 0 atom stereocenters. The molecule has 4 nitrogen and oxygen atoms in total. The Morgan fingerprint density at radius 1 is 1.32 bits per heavy atom. The van der Waals surface area contributed by atoms with Crippen LogP contribution in [0.2, 0.25) is 0 Å². The van der Waals surface area contributed by atoms with Crippen LogP contribution in [0.4, 0.5) is 11.4 Å². The molecule has 3 rings (SSSR count). The summed E-state index contributed by atoms with van der Waals surface area (Å²) in [5.41, 5.74) is 1.97. The summed E-state index contributed by atoms with van der Waals surface area (Å²) in [7, 11) is 0. The van der Waals surface area contributed by atoms with Gasteiger partial charge in [0, 0.05) is 23.4 Å². The van der Waals surface area contributed by atoms with E-state index in [9.17, 15) is 10.1 Å². The minimum absolute atomic E-state index is 0.248. The first-order valence-electron chi connectivity index (χ1n) is 7.23. The number of anilines is 1. The summed E-state index contributed by atoms with van der Waals surface area (Å²) < 4.78 is 0. The van der Waals surface area contributed by atoms with Crippen LogP contribution in [0.3, 0.4) is 0 Å². The van der Waals surface area contributed by atoms with Crippen molar-refractivity contribution in [2.24, 2.45) is 11.8 Å². The zero-order chi connectivity index (χ0) is 13.4. The number of hydrogen-bond acceptors (Lipinski definition) is 3. The number of benzene rings is 1. The standard InChI is InChI=1S/C15H20N2O2/c1-2-10-7-8-13(9-14(10)17(18)19)16-15(11-3-4-11)12-5-6-12/h7-9,11-12,15-16H,2-6H2,1H3. The van der Waals surface area contributed by atoms with E-state index in [1.165, 1.54) is 25.7 Å². The Bertz CT molecular complexity index is 481. The lowest BCUT2D eigenvalue weighted by Gasteiger charge is -2.19. The van der Waals surface area contributed by atoms with Gasteiger partial charge >= 0.3 is 0 Å². The van der Waals surface area contributed by atoms with E-state index in [-0.39, 0.29) is 10.6 Å². The zero-order valence-corrected chi connectivity index (χ0v) is 11.3. The van der Waals surface area contributed by atoms with E-state index in [1.807, 2.05) is 19.1 Å². The number of nitrogens with zero attached hydrogens (tertiary/aromatic N) is 1. The average Bonchev–Trinajstić information content (AvgIpc) is 3.29. The summed E-state index contributed by atoms with van der Waals surface area (Å²) in [5, 5.41) is 14.6. The quantitative estimate of drug-likeness (QED) is 0.626. The number of rotatable bonds is 6. The van der Waals surface area contributed by atoms with Gasteiger partial charge in [0.15, 0.2) is 0 Å².